The summed E-state index contributed by atoms with van der Waals surface area (Å²) in [4.78, 5) is 14.2. The molecular formula is C19H25N5O3S2. The van der Waals surface area contributed by atoms with Crippen LogP contribution >= 0.6 is 11.8 Å². The molecule has 1 aliphatic rings. The lowest BCUT2D eigenvalue weighted by molar-refractivity contribution is -0.129. The van der Waals surface area contributed by atoms with E-state index in [1.54, 1.807) is 17.3 Å². The zero-order valence-corrected chi connectivity index (χ0v) is 18.1. The smallest absolute Gasteiger partial charge is 0.236 e. The zero-order chi connectivity index (χ0) is 20.9. The molecule has 1 fully saturated rings. The second-order valence-electron chi connectivity index (χ2n) is 6.94. The Morgan fingerprint density at radius 2 is 1.86 bits per heavy atom. The van der Waals surface area contributed by atoms with Crippen LogP contribution in [0.1, 0.15) is 25.5 Å². The van der Waals surface area contributed by atoms with Crippen LogP contribution in [-0.4, -0.2) is 70.2 Å². The van der Waals surface area contributed by atoms with E-state index in [2.05, 4.69) is 10.2 Å². The Morgan fingerprint density at radius 1 is 1.17 bits per heavy atom. The quantitative estimate of drug-likeness (QED) is 0.619. The van der Waals surface area contributed by atoms with Crippen molar-refractivity contribution in [3.8, 4) is 0 Å². The van der Waals surface area contributed by atoms with Crippen LogP contribution in [0.15, 0.2) is 47.2 Å². The number of aromatic nitrogens is 3. The molecule has 1 aliphatic heterocycles. The topological polar surface area (TPSA) is 88.4 Å². The van der Waals surface area contributed by atoms with Gasteiger partial charge in [-0.05, 0) is 25.5 Å². The maximum Gasteiger partial charge on any atom is 0.236 e. The first-order valence-corrected chi connectivity index (χ1v) is 11.9. The summed E-state index contributed by atoms with van der Waals surface area (Å²) < 4.78 is 28.4. The van der Waals surface area contributed by atoms with Crippen molar-refractivity contribution in [2.45, 2.75) is 25.0 Å². The summed E-state index contributed by atoms with van der Waals surface area (Å²) in [5.74, 6) is 0.233. The molecule has 156 valence electrons. The minimum absolute atomic E-state index is 0.0230. The molecule has 1 aromatic heterocycles. The molecule has 1 aromatic carbocycles. The van der Waals surface area contributed by atoms with Gasteiger partial charge in [-0.25, -0.2) is 8.42 Å². The van der Waals surface area contributed by atoms with E-state index in [9.17, 15) is 13.2 Å². The van der Waals surface area contributed by atoms with Crippen LogP contribution in [0.2, 0.25) is 0 Å². The van der Waals surface area contributed by atoms with Crippen LogP contribution in [0.25, 0.3) is 6.08 Å². The number of piperazine rings is 1. The second kappa shape index (κ2) is 9.55. The molecule has 8 nitrogen and oxygen atoms in total. The van der Waals surface area contributed by atoms with Gasteiger partial charge >= 0.3 is 0 Å². The molecule has 0 N–H and O–H groups in total. The van der Waals surface area contributed by atoms with Crippen LogP contribution in [0, 0.1) is 0 Å². The van der Waals surface area contributed by atoms with E-state index in [4.69, 9.17) is 0 Å². The number of sulfonamides is 1. The third kappa shape index (κ3) is 5.68. The number of thioether (sulfide) groups is 1. The number of hydrogen-bond acceptors (Lipinski definition) is 6. The Kier molecular flexibility index (Phi) is 7.09. The summed E-state index contributed by atoms with van der Waals surface area (Å²) >= 11 is 1.35. The van der Waals surface area contributed by atoms with E-state index >= 15 is 0 Å². The predicted molar refractivity (Wildman–Crippen MR) is 114 cm³/mol. The molecule has 0 aliphatic carbocycles. The Hall–Kier alpha value is -2.17. The van der Waals surface area contributed by atoms with Crippen molar-refractivity contribution in [1.82, 2.24) is 24.0 Å². The molecule has 2 aromatic rings. The van der Waals surface area contributed by atoms with Crippen molar-refractivity contribution >= 4 is 33.8 Å². The van der Waals surface area contributed by atoms with Gasteiger partial charge in [0.05, 0.1) is 5.75 Å². The fraction of sp³-hybridized carbons (Fsp3) is 0.421. The number of benzene rings is 1. The lowest BCUT2D eigenvalue weighted by atomic mass is 10.2. The molecule has 0 unspecified atom stereocenters. The molecule has 0 saturated carbocycles. The average molecular weight is 436 g/mol. The minimum atomic E-state index is -3.51. The highest BCUT2D eigenvalue weighted by atomic mass is 32.2. The van der Waals surface area contributed by atoms with E-state index in [0.29, 0.717) is 31.3 Å². The van der Waals surface area contributed by atoms with Gasteiger partial charge in [-0.3, -0.25) is 4.79 Å². The Labute approximate surface area is 175 Å². The Bertz CT molecular complexity index is 949. The van der Waals surface area contributed by atoms with E-state index in [1.165, 1.54) is 21.5 Å². The summed E-state index contributed by atoms with van der Waals surface area (Å²) in [6.45, 7) is 5.41. The SMILES string of the molecule is CC(C)n1cnnc1SCC(=O)N1CCN(S(=O)(=O)/C=C/c2ccccc2)CC1. The highest BCUT2D eigenvalue weighted by Gasteiger charge is 2.27. The van der Waals surface area contributed by atoms with Gasteiger partial charge in [-0.15, -0.1) is 10.2 Å². The summed E-state index contributed by atoms with van der Waals surface area (Å²) in [6.07, 6.45) is 3.25. The molecule has 3 rings (SSSR count). The maximum atomic E-state index is 12.5. The first-order chi connectivity index (χ1) is 13.9. The van der Waals surface area contributed by atoms with Gasteiger partial charge in [-0.1, -0.05) is 42.1 Å². The van der Waals surface area contributed by atoms with Crippen LogP contribution in [0.4, 0.5) is 0 Å². The largest absolute Gasteiger partial charge is 0.339 e. The fourth-order valence-electron chi connectivity index (χ4n) is 2.91. The normalized spacial score (nSPS) is 16.0. The van der Waals surface area contributed by atoms with Crippen molar-refractivity contribution < 1.29 is 13.2 Å². The summed E-state index contributed by atoms with van der Waals surface area (Å²) in [5.41, 5.74) is 0.830. The van der Waals surface area contributed by atoms with Crippen LogP contribution in [0.3, 0.4) is 0 Å². The van der Waals surface area contributed by atoms with Gasteiger partial charge in [0.15, 0.2) is 5.16 Å². The third-order valence-electron chi connectivity index (χ3n) is 4.60. The van der Waals surface area contributed by atoms with Gasteiger partial charge in [-0.2, -0.15) is 4.31 Å². The molecule has 0 atom stereocenters. The first-order valence-electron chi connectivity index (χ1n) is 9.40. The Balaban J connectivity index is 1.51. The van der Waals surface area contributed by atoms with Gasteiger partial charge in [0.2, 0.25) is 15.9 Å². The number of nitrogens with zero attached hydrogens (tertiary/aromatic N) is 5. The van der Waals surface area contributed by atoms with E-state index in [0.717, 1.165) is 5.56 Å². The molecule has 29 heavy (non-hydrogen) atoms. The number of rotatable bonds is 7. The number of carbonyl (C=O) groups is 1. The molecule has 0 bridgehead atoms. The van der Waals surface area contributed by atoms with Gasteiger partial charge < -0.3 is 9.47 Å². The second-order valence-corrected chi connectivity index (χ2v) is 9.70. The average Bonchev–Trinajstić information content (AvgIpc) is 3.20. The predicted octanol–water partition coefficient (Wildman–Crippen LogP) is 2.10. The number of hydrogen-bond donors (Lipinski definition) is 0. The van der Waals surface area contributed by atoms with Gasteiger partial charge in [0.1, 0.15) is 6.33 Å². The molecule has 0 spiro atoms. The summed E-state index contributed by atoms with van der Waals surface area (Å²) in [6, 6.07) is 9.52. The zero-order valence-electron chi connectivity index (χ0n) is 16.5. The molecule has 0 radical (unpaired) electrons. The fourth-order valence-corrected chi connectivity index (χ4v) is 5.03. The monoisotopic (exact) mass is 435 g/mol. The molecule has 10 heteroatoms. The first kappa shape index (κ1) is 21.5. The van der Waals surface area contributed by atoms with Crippen molar-refractivity contribution in [3.05, 3.63) is 47.6 Å². The number of amides is 1. The van der Waals surface area contributed by atoms with E-state index in [1.807, 2.05) is 48.7 Å². The third-order valence-corrected chi connectivity index (χ3v) is 7.11. The van der Waals surface area contributed by atoms with E-state index < -0.39 is 10.0 Å². The number of carbonyl (C=O) groups excluding carboxylic acids is 1. The lowest BCUT2D eigenvalue weighted by Crippen LogP contribution is -2.50. The van der Waals surface area contributed by atoms with Crippen LogP contribution in [0.5, 0.6) is 0 Å². The standard InChI is InChI=1S/C19H25N5O3S2/c1-16(2)24-15-20-21-19(24)28-14-18(25)22-9-11-23(12-10-22)29(26,27)13-8-17-6-4-3-5-7-17/h3-8,13,15-16H,9-12,14H2,1-2H3/b13-8+. The van der Waals surface area contributed by atoms with Crippen molar-refractivity contribution in [1.29, 1.82) is 0 Å². The molecule has 1 amide bonds. The molecular weight excluding hydrogens is 410 g/mol. The van der Waals surface area contributed by atoms with Crippen molar-refractivity contribution in [2.24, 2.45) is 0 Å². The van der Waals surface area contributed by atoms with Crippen molar-refractivity contribution in [3.63, 3.8) is 0 Å². The summed E-state index contributed by atoms with van der Waals surface area (Å²) in [7, 11) is -3.51. The van der Waals surface area contributed by atoms with Gasteiger partial charge in [0.25, 0.3) is 0 Å². The highest BCUT2D eigenvalue weighted by molar-refractivity contribution is 7.99. The maximum absolute atomic E-state index is 12.5. The molecule has 1 saturated heterocycles. The Morgan fingerprint density at radius 3 is 2.52 bits per heavy atom. The minimum Gasteiger partial charge on any atom is -0.339 e. The van der Waals surface area contributed by atoms with Crippen LogP contribution in [-0.2, 0) is 14.8 Å². The van der Waals surface area contributed by atoms with Gasteiger partial charge in [0, 0.05) is 37.6 Å². The summed E-state index contributed by atoms with van der Waals surface area (Å²) in [5, 5.41) is 9.89. The highest BCUT2D eigenvalue weighted by Crippen LogP contribution is 2.20. The van der Waals surface area contributed by atoms with Crippen molar-refractivity contribution in [2.75, 3.05) is 31.9 Å². The lowest BCUT2D eigenvalue weighted by Gasteiger charge is -2.33. The molecule has 2 heterocycles. The van der Waals surface area contributed by atoms with Crippen LogP contribution < -0.4 is 0 Å². The van der Waals surface area contributed by atoms with E-state index in [-0.39, 0.29) is 17.7 Å².